The molecule has 7 nitrogen and oxygen atoms in total. The predicted molar refractivity (Wildman–Crippen MR) is 146 cm³/mol. The van der Waals surface area contributed by atoms with Crippen LogP contribution in [0.3, 0.4) is 0 Å². The van der Waals surface area contributed by atoms with Crippen molar-refractivity contribution in [3.8, 4) is 22.8 Å². The highest BCUT2D eigenvalue weighted by atomic mass is 32.2. The zero-order valence-corrected chi connectivity index (χ0v) is 22.2. The number of nitrogens with zero attached hydrogens (tertiary/aromatic N) is 2. The van der Waals surface area contributed by atoms with Crippen LogP contribution in [0, 0.1) is 6.92 Å². The number of benzene rings is 3. The molecule has 4 rings (SSSR count). The summed E-state index contributed by atoms with van der Waals surface area (Å²) in [6, 6.07) is 24.0. The van der Waals surface area contributed by atoms with Gasteiger partial charge in [-0.25, -0.2) is 18.4 Å². The van der Waals surface area contributed by atoms with Crippen molar-refractivity contribution in [1.82, 2.24) is 9.97 Å². The van der Waals surface area contributed by atoms with Crippen LogP contribution in [0.1, 0.15) is 31.9 Å². The van der Waals surface area contributed by atoms with Crippen molar-refractivity contribution in [2.45, 2.75) is 38.0 Å². The van der Waals surface area contributed by atoms with Gasteiger partial charge >= 0.3 is 0 Å². The summed E-state index contributed by atoms with van der Waals surface area (Å²) in [6.45, 7) is 8.73. The molecule has 1 N–H and O–H groups in total. The Morgan fingerprint density at radius 2 is 1.46 bits per heavy atom. The molecule has 0 atom stereocenters. The highest BCUT2D eigenvalue weighted by Crippen LogP contribution is 2.35. The molecule has 0 fully saturated rings. The maximum absolute atomic E-state index is 13.3. The van der Waals surface area contributed by atoms with E-state index in [-0.39, 0.29) is 28.6 Å². The van der Waals surface area contributed by atoms with Crippen LogP contribution in [0.25, 0.3) is 11.1 Å². The molecule has 0 aliphatic carbocycles. The molecule has 37 heavy (non-hydrogen) atoms. The van der Waals surface area contributed by atoms with Crippen LogP contribution in [0.2, 0.25) is 0 Å². The molecule has 0 amide bonds. The minimum Gasteiger partial charge on any atom is -0.490 e. The van der Waals surface area contributed by atoms with Crippen LogP contribution in [-0.2, 0) is 15.4 Å². The number of rotatable bonds is 9. The summed E-state index contributed by atoms with van der Waals surface area (Å²) in [5.41, 5.74) is 3.21. The lowest BCUT2D eigenvalue weighted by Gasteiger charge is -2.19. The second-order valence-corrected chi connectivity index (χ2v) is 11.3. The number of anilines is 1. The first-order valence-electron chi connectivity index (χ1n) is 12.0. The van der Waals surface area contributed by atoms with Crippen molar-refractivity contribution in [2.75, 3.05) is 17.9 Å². The molecule has 0 bridgehead atoms. The van der Waals surface area contributed by atoms with E-state index in [0.717, 1.165) is 22.4 Å². The average Bonchev–Trinajstić information content (AvgIpc) is 2.87. The fraction of sp³-hybridized carbons (Fsp3) is 0.241. The lowest BCUT2D eigenvalue weighted by Crippen LogP contribution is -2.17. The Bertz CT molecular complexity index is 1430. The summed E-state index contributed by atoms with van der Waals surface area (Å²) in [5.74, 6) is 1.13. The van der Waals surface area contributed by atoms with Crippen LogP contribution >= 0.6 is 0 Å². The molecule has 0 aliphatic rings. The van der Waals surface area contributed by atoms with E-state index in [9.17, 15) is 8.42 Å². The monoisotopic (exact) mass is 517 g/mol. The van der Waals surface area contributed by atoms with Crippen molar-refractivity contribution in [3.05, 3.63) is 96.3 Å². The van der Waals surface area contributed by atoms with Gasteiger partial charge in [-0.2, -0.15) is 0 Å². The fourth-order valence-corrected chi connectivity index (χ4v) is 4.69. The summed E-state index contributed by atoms with van der Waals surface area (Å²) in [6.07, 6.45) is 1.28. The molecule has 192 valence electrons. The Kier molecular flexibility index (Phi) is 7.78. The van der Waals surface area contributed by atoms with Crippen molar-refractivity contribution in [2.24, 2.45) is 0 Å². The third kappa shape index (κ3) is 6.65. The Balaban J connectivity index is 1.61. The standard InChI is InChI=1S/C29H31N3O4S/c1-21-10-12-22(13-11-21)26-27(32-37(33,34)25-16-14-23(15-17-25)29(2,3)4)30-20-31-28(26)36-19-18-35-24-8-6-5-7-9-24/h5-17,20H,18-19H2,1-4H3,(H,30,31,32). The molecule has 4 aromatic rings. The molecule has 1 aromatic heterocycles. The van der Waals surface area contributed by atoms with E-state index in [2.05, 4.69) is 35.5 Å². The van der Waals surface area contributed by atoms with Gasteiger partial charge in [0.25, 0.3) is 10.0 Å². The molecule has 0 saturated heterocycles. The Morgan fingerprint density at radius 1 is 0.811 bits per heavy atom. The number of sulfonamides is 1. The quantitative estimate of drug-likeness (QED) is 0.274. The average molecular weight is 518 g/mol. The topological polar surface area (TPSA) is 90.4 Å². The highest BCUT2D eigenvalue weighted by molar-refractivity contribution is 7.92. The van der Waals surface area contributed by atoms with Gasteiger partial charge in [0.1, 0.15) is 25.3 Å². The molecule has 0 radical (unpaired) electrons. The van der Waals surface area contributed by atoms with E-state index < -0.39 is 10.0 Å². The summed E-state index contributed by atoms with van der Waals surface area (Å²) < 4.78 is 40.9. The van der Waals surface area contributed by atoms with Gasteiger partial charge in [0.05, 0.1) is 10.5 Å². The first kappa shape index (κ1) is 26.2. The van der Waals surface area contributed by atoms with Crippen LogP contribution < -0.4 is 14.2 Å². The second kappa shape index (κ2) is 11.0. The first-order valence-corrected chi connectivity index (χ1v) is 13.5. The van der Waals surface area contributed by atoms with Crippen molar-refractivity contribution in [3.63, 3.8) is 0 Å². The maximum atomic E-state index is 13.3. The molecular weight excluding hydrogens is 486 g/mol. The zero-order chi connectivity index (χ0) is 26.5. The third-order valence-electron chi connectivity index (χ3n) is 5.75. The van der Waals surface area contributed by atoms with E-state index in [4.69, 9.17) is 9.47 Å². The highest BCUT2D eigenvalue weighted by Gasteiger charge is 2.22. The Labute approximate surface area is 218 Å². The third-order valence-corrected chi connectivity index (χ3v) is 7.10. The second-order valence-electron chi connectivity index (χ2n) is 9.66. The number of para-hydroxylation sites is 1. The number of nitrogens with one attached hydrogen (secondary N) is 1. The van der Waals surface area contributed by atoms with E-state index in [1.165, 1.54) is 6.33 Å². The molecule has 3 aromatic carbocycles. The van der Waals surface area contributed by atoms with Gasteiger partial charge in [0.2, 0.25) is 5.88 Å². The van der Waals surface area contributed by atoms with Gasteiger partial charge in [0, 0.05) is 0 Å². The van der Waals surface area contributed by atoms with Gasteiger partial charge in [0.15, 0.2) is 5.82 Å². The van der Waals surface area contributed by atoms with Crippen LogP contribution in [0.5, 0.6) is 11.6 Å². The van der Waals surface area contributed by atoms with Gasteiger partial charge in [-0.3, -0.25) is 4.72 Å². The summed E-state index contributed by atoms with van der Waals surface area (Å²) in [5, 5.41) is 0. The van der Waals surface area contributed by atoms with Crippen LogP contribution in [-0.4, -0.2) is 31.6 Å². The maximum Gasteiger partial charge on any atom is 0.263 e. The lowest BCUT2D eigenvalue weighted by atomic mass is 9.87. The molecule has 1 heterocycles. The molecule has 8 heteroatoms. The van der Waals surface area contributed by atoms with Gasteiger partial charge in [-0.1, -0.05) is 80.9 Å². The molecule has 0 spiro atoms. The van der Waals surface area contributed by atoms with Gasteiger partial charge < -0.3 is 9.47 Å². The van der Waals surface area contributed by atoms with E-state index in [1.807, 2.05) is 73.7 Å². The van der Waals surface area contributed by atoms with Crippen molar-refractivity contribution < 1.29 is 17.9 Å². The number of aryl methyl sites for hydroxylation is 1. The van der Waals surface area contributed by atoms with Gasteiger partial charge in [-0.05, 0) is 47.7 Å². The minimum atomic E-state index is -3.91. The SMILES string of the molecule is Cc1ccc(-c2c(NS(=O)(=O)c3ccc(C(C)(C)C)cc3)ncnc2OCCOc2ccccc2)cc1. The molecular formula is C29H31N3O4S. The minimum absolute atomic E-state index is 0.0859. The smallest absolute Gasteiger partial charge is 0.263 e. The largest absolute Gasteiger partial charge is 0.490 e. The van der Waals surface area contributed by atoms with Crippen molar-refractivity contribution >= 4 is 15.8 Å². The number of ether oxygens (including phenoxy) is 2. The number of hydrogen-bond donors (Lipinski definition) is 1. The lowest BCUT2D eigenvalue weighted by molar-refractivity contribution is 0.212. The summed E-state index contributed by atoms with van der Waals surface area (Å²) >= 11 is 0. The molecule has 0 saturated carbocycles. The fourth-order valence-electron chi connectivity index (χ4n) is 3.67. The zero-order valence-electron chi connectivity index (χ0n) is 21.4. The Hall–Kier alpha value is -3.91. The molecule has 0 aliphatic heterocycles. The summed E-state index contributed by atoms with van der Waals surface area (Å²) in [4.78, 5) is 8.72. The van der Waals surface area contributed by atoms with E-state index in [0.29, 0.717) is 12.2 Å². The van der Waals surface area contributed by atoms with Crippen molar-refractivity contribution in [1.29, 1.82) is 0 Å². The number of aromatic nitrogens is 2. The summed E-state index contributed by atoms with van der Waals surface area (Å²) in [7, 11) is -3.91. The van der Waals surface area contributed by atoms with E-state index in [1.54, 1.807) is 12.1 Å². The predicted octanol–water partition coefficient (Wildman–Crippen LogP) is 6.01. The Morgan fingerprint density at radius 3 is 2.11 bits per heavy atom. The molecule has 0 unspecified atom stereocenters. The van der Waals surface area contributed by atoms with Crippen LogP contribution in [0.15, 0.2) is 90.1 Å². The normalized spacial score (nSPS) is 11.7. The van der Waals surface area contributed by atoms with E-state index >= 15 is 0 Å². The van der Waals surface area contributed by atoms with Crippen LogP contribution in [0.4, 0.5) is 5.82 Å². The van der Waals surface area contributed by atoms with Gasteiger partial charge in [-0.15, -0.1) is 0 Å². The number of hydrogen-bond acceptors (Lipinski definition) is 6. The first-order chi connectivity index (χ1) is 17.6.